The van der Waals surface area contributed by atoms with Crippen LogP contribution in [-0.2, 0) is 0 Å². The van der Waals surface area contributed by atoms with Gasteiger partial charge in [-0.05, 0) is 12.8 Å². The van der Waals surface area contributed by atoms with Crippen molar-refractivity contribution in [3.63, 3.8) is 0 Å². The Morgan fingerprint density at radius 2 is 2.20 bits per heavy atom. The first-order chi connectivity index (χ1) is 7.42. The summed E-state index contributed by atoms with van der Waals surface area (Å²) in [6, 6.07) is 0.641. The van der Waals surface area contributed by atoms with Gasteiger partial charge in [-0.3, -0.25) is 0 Å². The van der Waals surface area contributed by atoms with Gasteiger partial charge in [0.25, 0.3) is 0 Å². The quantitative estimate of drug-likeness (QED) is 0.801. The van der Waals surface area contributed by atoms with Crippen molar-refractivity contribution >= 4 is 11.8 Å². The lowest BCUT2D eigenvalue weighted by Gasteiger charge is -2.24. The first kappa shape index (κ1) is 11.0. The van der Waals surface area contributed by atoms with Crippen LogP contribution in [0.25, 0.3) is 0 Å². The summed E-state index contributed by atoms with van der Waals surface area (Å²) in [7, 11) is 0. The molecule has 0 aliphatic heterocycles. The molecule has 1 saturated carbocycles. The maximum Gasteiger partial charge on any atom is 0.168 e. The lowest BCUT2D eigenvalue weighted by molar-refractivity contribution is 0.321. The Balaban J connectivity index is 2.02. The minimum atomic E-state index is 0.224. The molecule has 1 aromatic heterocycles. The Labute approximate surface area is 94.9 Å². The van der Waals surface area contributed by atoms with Crippen molar-refractivity contribution in [2.75, 3.05) is 12.4 Å². The highest BCUT2D eigenvalue weighted by atomic mass is 32.2. The molecular weight excluding hydrogens is 208 g/mol. The van der Waals surface area contributed by atoms with E-state index in [1.165, 1.54) is 32.1 Å². The predicted octanol–water partition coefficient (Wildman–Crippen LogP) is 2.47. The van der Waals surface area contributed by atoms with Gasteiger partial charge in [0.05, 0.1) is 6.61 Å². The molecule has 3 nitrogen and oxygen atoms in total. The highest BCUT2D eigenvalue weighted by Crippen LogP contribution is 2.31. The highest BCUT2D eigenvalue weighted by Gasteiger charge is 2.17. The van der Waals surface area contributed by atoms with Crippen LogP contribution in [0.4, 0.5) is 0 Å². The number of nitrogens with zero attached hydrogens (tertiary/aromatic N) is 2. The summed E-state index contributed by atoms with van der Waals surface area (Å²) >= 11 is 1.65. The van der Waals surface area contributed by atoms with Gasteiger partial charge in [-0.15, -0.1) is 0 Å². The molecular formula is C11H18N2OS. The number of rotatable bonds is 4. The van der Waals surface area contributed by atoms with Gasteiger partial charge in [0.2, 0.25) is 0 Å². The first-order valence-corrected chi connectivity index (χ1v) is 6.67. The van der Waals surface area contributed by atoms with Crippen molar-refractivity contribution in [2.45, 2.75) is 43.3 Å². The van der Waals surface area contributed by atoms with Crippen molar-refractivity contribution in [3.8, 4) is 0 Å². The molecule has 2 rings (SSSR count). The lowest BCUT2D eigenvalue weighted by atomic mass is 9.95. The zero-order valence-electron chi connectivity index (χ0n) is 8.93. The van der Waals surface area contributed by atoms with Crippen molar-refractivity contribution in [1.82, 2.24) is 9.55 Å². The van der Waals surface area contributed by atoms with Gasteiger partial charge in [0, 0.05) is 24.2 Å². The summed E-state index contributed by atoms with van der Waals surface area (Å²) in [4.78, 5) is 4.34. The summed E-state index contributed by atoms with van der Waals surface area (Å²) < 4.78 is 2.29. The van der Waals surface area contributed by atoms with Crippen LogP contribution < -0.4 is 0 Å². The second-order valence-electron chi connectivity index (χ2n) is 3.98. The number of imidazole rings is 1. The molecule has 15 heavy (non-hydrogen) atoms. The molecule has 0 aromatic carbocycles. The van der Waals surface area contributed by atoms with Crippen LogP contribution in [0.15, 0.2) is 17.6 Å². The van der Waals surface area contributed by atoms with E-state index in [1.54, 1.807) is 11.8 Å². The molecule has 0 bridgehead atoms. The van der Waals surface area contributed by atoms with E-state index in [0.29, 0.717) is 6.04 Å². The smallest absolute Gasteiger partial charge is 0.168 e. The summed E-state index contributed by atoms with van der Waals surface area (Å²) in [5, 5.41) is 9.87. The zero-order valence-corrected chi connectivity index (χ0v) is 9.75. The molecule has 1 heterocycles. The lowest BCUT2D eigenvalue weighted by Crippen LogP contribution is -2.13. The average molecular weight is 226 g/mol. The molecule has 0 atom stereocenters. The van der Waals surface area contributed by atoms with E-state index in [4.69, 9.17) is 5.11 Å². The van der Waals surface area contributed by atoms with Gasteiger partial charge in [0.15, 0.2) is 5.16 Å². The Morgan fingerprint density at radius 3 is 2.93 bits per heavy atom. The van der Waals surface area contributed by atoms with Crippen LogP contribution in [0.3, 0.4) is 0 Å². The summed E-state index contributed by atoms with van der Waals surface area (Å²) in [6.45, 7) is 0.224. The van der Waals surface area contributed by atoms with E-state index < -0.39 is 0 Å². The number of aliphatic hydroxyl groups is 1. The van der Waals surface area contributed by atoms with E-state index in [2.05, 4.69) is 15.7 Å². The monoisotopic (exact) mass is 226 g/mol. The minimum Gasteiger partial charge on any atom is -0.396 e. The van der Waals surface area contributed by atoms with E-state index in [9.17, 15) is 0 Å². The SMILES string of the molecule is OCCSc1nccn1C1CCCCC1. The van der Waals surface area contributed by atoms with E-state index in [1.807, 2.05) is 6.20 Å². The van der Waals surface area contributed by atoms with Gasteiger partial charge in [0.1, 0.15) is 0 Å². The Bertz CT molecular complexity index is 295. The van der Waals surface area contributed by atoms with Crippen molar-refractivity contribution < 1.29 is 5.11 Å². The van der Waals surface area contributed by atoms with E-state index in [-0.39, 0.29) is 6.61 Å². The number of hydrogen-bond acceptors (Lipinski definition) is 3. The Kier molecular flexibility index (Phi) is 4.09. The van der Waals surface area contributed by atoms with Crippen LogP contribution in [0.2, 0.25) is 0 Å². The second-order valence-corrected chi connectivity index (χ2v) is 5.04. The maximum atomic E-state index is 8.81. The van der Waals surface area contributed by atoms with E-state index in [0.717, 1.165) is 10.9 Å². The number of aliphatic hydroxyl groups excluding tert-OH is 1. The average Bonchev–Trinajstić information content (AvgIpc) is 2.75. The van der Waals surface area contributed by atoms with E-state index >= 15 is 0 Å². The van der Waals surface area contributed by atoms with Gasteiger partial charge in [-0.1, -0.05) is 31.0 Å². The molecule has 1 aliphatic carbocycles. The third kappa shape index (κ3) is 2.75. The zero-order chi connectivity index (χ0) is 10.5. The summed E-state index contributed by atoms with van der Waals surface area (Å²) in [5.41, 5.74) is 0. The number of aromatic nitrogens is 2. The maximum absolute atomic E-state index is 8.81. The van der Waals surface area contributed by atoms with Gasteiger partial charge >= 0.3 is 0 Å². The van der Waals surface area contributed by atoms with Crippen molar-refractivity contribution in [2.24, 2.45) is 0 Å². The van der Waals surface area contributed by atoms with Crippen LogP contribution >= 0.6 is 11.8 Å². The third-order valence-electron chi connectivity index (χ3n) is 2.92. The fourth-order valence-electron chi connectivity index (χ4n) is 2.19. The number of thioether (sulfide) groups is 1. The molecule has 1 aromatic rings. The normalized spacial score (nSPS) is 18.2. The van der Waals surface area contributed by atoms with Crippen LogP contribution in [0, 0.1) is 0 Å². The van der Waals surface area contributed by atoms with Crippen molar-refractivity contribution in [3.05, 3.63) is 12.4 Å². The molecule has 1 N–H and O–H groups in total. The predicted molar refractivity (Wildman–Crippen MR) is 62.2 cm³/mol. The van der Waals surface area contributed by atoms with Gasteiger partial charge in [-0.25, -0.2) is 4.98 Å². The highest BCUT2D eigenvalue weighted by molar-refractivity contribution is 7.99. The molecule has 1 aliphatic rings. The largest absolute Gasteiger partial charge is 0.396 e. The molecule has 0 amide bonds. The fourth-order valence-corrected chi connectivity index (χ4v) is 2.95. The third-order valence-corrected chi connectivity index (χ3v) is 3.88. The van der Waals surface area contributed by atoms with Gasteiger partial charge in [-0.2, -0.15) is 0 Å². The van der Waals surface area contributed by atoms with Crippen LogP contribution in [0.5, 0.6) is 0 Å². The standard InChI is InChI=1S/C11H18N2OS/c14-8-9-15-11-12-6-7-13(11)10-4-2-1-3-5-10/h6-7,10,14H,1-5,8-9H2. The second kappa shape index (κ2) is 5.56. The summed E-state index contributed by atoms with van der Waals surface area (Å²) in [6.07, 6.45) is 10.6. The first-order valence-electron chi connectivity index (χ1n) is 5.68. The molecule has 84 valence electrons. The fraction of sp³-hybridized carbons (Fsp3) is 0.727. The minimum absolute atomic E-state index is 0.224. The Hall–Kier alpha value is -0.480. The molecule has 4 heteroatoms. The Morgan fingerprint density at radius 1 is 1.40 bits per heavy atom. The molecule has 0 radical (unpaired) electrons. The van der Waals surface area contributed by atoms with Crippen LogP contribution in [0.1, 0.15) is 38.1 Å². The van der Waals surface area contributed by atoms with Gasteiger partial charge < -0.3 is 9.67 Å². The molecule has 0 unspecified atom stereocenters. The molecule has 0 saturated heterocycles. The molecule has 1 fully saturated rings. The van der Waals surface area contributed by atoms with Crippen molar-refractivity contribution in [1.29, 1.82) is 0 Å². The number of hydrogen-bond donors (Lipinski definition) is 1. The summed E-state index contributed by atoms with van der Waals surface area (Å²) in [5.74, 6) is 0.740. The molecule has 0 spiro atoms. The topological polar surface area (TPSA) is 38.1 Å². The van der Waals surface area contributed by atoms with Crippen LogP contribution in [-0.4, -0.2) is 27.0 Å².